The summed E-state index contributed by atoms with van der Waals surface area (Å²) in [6.07, 6.45) is 0. The molecule has 1 aromatic heterocycles. The molecule has 7 nitrogen and oxygen atoms in total. The van der Waals surface area contributed by atoms with E-state index >= 15 is 0 Å². The molecular weight excluding hydrogens is 565 g/mol. The van der Waals surface area contributed by atoms with E-state index in [2.05, 4.69) is 4.99 Å². The lowest BCUT2D eigenvalue weighted by Gasteiger charge is -2.20. The number of halogens is 2. The van der Waals surface area contributed by atoms with Crippen LogP contribution < -0.4 is 4.80 Å². The van der Waals surface area contributed by atoms with Gasteiger partial charge in [0.05, 0.1) is 31.8 Å². The van der Waals surface area contributed by atoms with E-state index in [1.165, 1.54) is 39.9 Å². The number of hydrogen-bond donors (Lipinski definition) is 0. The maximum Gasteiger partial charge on any atom is 0.279 e. The fourth-order valence-electron chi connectivity index (χ4n) is 3.92. The minimum Gasteiger partial charge on any atom is -0.380 e. The van der Waals surface area contributed by atoms with Crippen molar-refractivity contribution >= 4 is 60.7 Å². The molecule has 0 atom stereocenters. The van der Waals surface area contributed by atoms with Crippen molar-refractivity contribution in [2.45, 2.75) is 31.8 Å². The van der Waals surface area contributed by atoms with Gasteiger partial charge in [0, 0.05) is 31.8 Å². The first-order chi connectivity index (χ1) is 18.3. The summed E-state index contributed by atoms with van der Waals surface area (Å²) in [5.74, 6) is -0.496. The molecule has 3 aromatic carbocycles. The van der Waals surface area contributed by atoms with Gasteiger partial charge in [0.2, 0.25) is 10.0 Å². The van der Waals surface area contributed by atoms with E-state index in [-0.39, 0.29) is 17.0 Å². The summed E-state index contributed by atoms with van der Waals surface area (Å²) >= 11 is 14.0. The minimum absolute atomic E-state index is 0.113. The number of carbonyl (C=O) groups excluding carboxylic acids is 1. The van der Waals surface area contributed by atoms with E-state index in [0.29, 0.717) is 46.7 Å². The molecule has 0 aliphatic heterocycles. The zero-order valence-corrected chi connectivity index (χ0v) is 24.1. The monoisotopic (exact) mass is 591 g/mol. The summed E-state index contributed by atoms with van der Waals surface area (Å²) in [5, 5.41) is 0.793. The average Bonchev–Trinajstić information content (AvgIpc) is 3.27. The van der Waals surface area contributed by atoms with Crippen LogP contribution >= 0.6 is 34.5 Å². The van der Waals surface area contributed by atoms with Crippen molar-refractivity contribution in [3.05, 3.63) is 92.7 Å². The van der Waals surface area contributed by atoms with Crippen molar-refractivity contribution in [1.82, 2.24) is 8.87 Å². The van der Waals surface area contributed by atoms with Crippen LogP contribution in [0.1, 0.15) is 29.8 Å². The Labute approximate surface area is 236 Å². The van der Waals surface area contributed by atoms with Gasteiger partial charge < -0.3 is 9.30 Å². The molecule has 4 aromatic rings. The lowest BCUT2D eigenvalue weighted by molar-refractivity contribution is 0.0996. The predicted octanol–water partition coefficient (Wildman–Crippen LogP) is 6.00. The van der Waals surface area contributed by atoms with Gasteiger partial charge in [-0.1, -0.05) is 71.8 Å². The quantitative estimate of drug-likeness (QED) is 0.212. The summed E-state index contributed by atoms with van der Waals surface area (Å²) in [6.45, 7) is 5.67. The highest BCUT2D eigenvalue weighted by Crippen LogP contribution is 2.32. The molecule has 0 saturated carbocycles. The van der Waals surface area contributed by atoms with Gasteiger partial charge in [-0.05, 0) is 48.9 Å². The fraction of sp³-hybridized carbons (Fsp3) is 0.259. The number of benzene rings is 3. The first-order valence-electron chi connectivity index (χ1n) is 12.0. The Morgan fingerprint density at radius 2 is 1.74 bits per heavy atom. The van der Waals surface area contributed by atoms with E-state index in [4.69, 9.17) is 27.9 Å². The van der Waals surface area contributed by atoms with E-state index in [0.717, 1.165) is 10.3 Å². The Morgan fingerprint density at radius 1 is 1.03 bits per heavy atom. The minimum atomic E-state index is -3.75. The third kappa shape index (κ3) is 6.20. The van der Waals surface area contributed by atoms with Gasteiger partial charge in [0.15, 0.2) is 4.80 Å². The number of carbonyl (C=O) groups is 1. The van der Waals surface area contributed by atoms with Crippen LogP contribution in [0.4, 0.5) is 0 Å². The molecule has 11 heteroatoms. The molecule has 0 spiro atoms. The molecule has 0 radical (unpaired) electrons. The Balaban J connectivity index is 1.64. The smallest absolute Gasteiger partial charge is 0.279 e. The van der Waals surface area contributed by atoms with Crippen LogP contribution in [0.2, 0.25) is 10.0 Å². The maximum absolute atomic E-state index is 13.2. The second-order valence-electron chi connectivity index (χ2n) is 8.30. The van der Waals surface area contributed by atoms with Gasteiger partial charge in [-0.2, -0.15) is 9.30 Å². The average molecular weight is 593 g/mol. The Bertz CT molecular complexity index is 1600. The number of rotatable bonds is 10. The van der Waals surface area contributed by atoms with Crippen LogP contribution in [0.3, 0.4) is 0 Å². The SMILES string of the molecule is CCOCCn1c(=NC(=O)c2ccc(S(=O)(=O)N(CC)Cc3ccccc3)cc2)sc2ccc(Cl)c(Cl)c21. The second-order valence-corrected chi connectivity index (χ2v) is 12.0. The highest BCUT2D eigenvalue weighted by molar-refractivity contribution is 7.89. The number of fused-ring (bicyclic) bond motifs is 1. The Kier molecular flexibility index (Phi) is 9.40. The van der Waals surface area contributed by atoms with E-state index in [1.54, 1.807) is 13.0 Å². The molecule has 0 fully saturated rings. The Hall–Kier alpha value is -2.53. The van der Waals surface area contributed by atoms with Gasteiger partial charge in [-0.15, -0.1) is 0 Å². The van der Waals surface area contributed by atoms with Crippen molar-refractivity contribution in [3.8, 4) is 0 Å². The van der Waals surface area contributed by atoms with Crippen molar-refractivity contribution in [2.24, 2.45) is 4.99 Å². The molecule has 0 saturated heterocycles. The van der Waals surface area contributed by atoms with E-state index < -0.39 is 15.9 Å². The number of hydrogen-bond acceptors (Lipinski definition) is 5. The third-order valence-corrected chi connectivity index (χ3v) is 9.66. The molecule has 0 bridgehead atoms. The van der Waals surface area contributed by atoms with E-state index in [9.17, 15) is 13.2 Å². The van der Waals surface area contributed by atoms with E-state index in [1.807, 2.05) is 47.9 Å². The molecule has 1 heterocycles. The van der Waals surface area contributed by atoms with Gasteiger partial charge in [0.25, 0.3) is 5.91 Å². The lowest BCUT2D eigenvalue weighted by Crippen LogP contribution is -2.30. The number of sulfonamides is 1. The number of amides is 1. The molecule has 4 rings (SSSR count). The molecule has 200 valence electrons. The second kappa shape index (κ2) is 12.5. The summed E-state index contributed by atoms with van der Waals surface area (Å²) in [6, 6.07) is 18.8. The number of thiazole rings is 1. The summed E-state index contributed by atoms with van der Waals surface area (Å²) in [5.41, 5.74) is 1.86. The largest absolute Gasteiger partial charge is 0.380 e. The van der Waals surface area contributed by atoms with Crippen molar-refractivity contribution < 1.29 is 17.9 Å². The highest BCUT2D eigenvalue weighted by Gasteiger charge is 2.23. The molecule has 0 unspecified atom stereocenters. The maximum atomic E-state index is 13.2. The van der Waals surface area contributed by atoms with Crippen LogP contribution in [0.5, 0.6) is 0 Å². The summed E-state index contributed by atoms with van der Waals surface area (Å²) in [4.78, 5) is 18.0. The summed E-state index contributed by atoms with van der Waals surface area (Å²) in [7, 11) is -3.75. The van der Waals surface area contributed by atoms with Crippen LogP contribution in [0, 0.1) is 0 Å². The molecule has 0 aliphatic rings. The highest BCUT2D eigenvalue weighted by atomic mass is 35.5. The third-order valence-electron chi connectivity index (χ3n) is 5.89. The van der Waals surface area contributed by atoms with Gasteiger partial charge in [0.1, 0.15) is 0 Å². The van der Waals surface area contributed by atoms with Crippen LogP contribution in [0.15, 0.2) is 76.6 Å². The fourth-order valence-corrected chi connectivity index (χ4v) is 6.90. The van der Waals surface area contributed by atoms with Crippen LogP contribution in [0.25, 0.3) is 10.2 Å². The molecule has 1 amide bonds. The predicted molar refractivity (Wildman–Crippen MR) is 152 cm³/mol. The normalized spacial score (nSPS) is 12.5. The molecular formula is C27H27Cl2N3O4S2. The van der Waals surface area contributed by atoms with Crippen molar-refractivity contribution in [1.29, 1.82) is 0 Å². The first kappa shape index (κ1) is 28.5. The van der Waals surface area contributed by atoms with Gasteiger partial charge in [-0.3, -0.25) is 4.79 Å². The molecule has 0 aliphatic carbocycles. The van der Waals surface area contributed by atoms with Crippen molar-refractivity contribution in [2.75, 3.05) is 19.8 Å². The zero-order chi connectivity index (χ0) is 27.3. The standard InChI is InChI=1S/C27H27Cl2N3O4S2/c1-3-31(18-19-8-6-5-7-9-19)38(34,35)21-12-10-20(11-13-21)26(33)30-27-32(16-17-36-4-2)25-23(37-27)15-14-22(28)24(25)29/h5-15H,3-4,16-18H2,1-2H3. The van der Waals surface area contributed by atoms with Crippen LogP contribution in [-0.2, 0) is 27.8 Å². The number of aromatic nitrogens is 1. The van der Waals surface area contributed by atoms with Crippen LogP contribution in [-0.4, -0.2) is 43.0 Å². The van der Waals surface area contributed by atoms with Crippen molar-refractivity contribution in [3.63, 3.8) is 0 Å². The zero-order valence-electron chi connectivity index (χ0n) is 20.9. The van der Waals surface area contributed by atoms with Gasteiger partial charge in [-0.25, -0.2) is 8.42 Å². The molecule has 0 N–H and O–H groups in total. The lowest BCUT2D eigenvalue weighted by atomic mass is 10.2. The number of nitrogens with zero attached hydrogens (tertiary/aromatic N) is 3. The Morgan fingerprint density at radius 3 is 2.39 bits per heavy atom. The first-order valence-corrected chi connectivity index (χ1v) is 15.1. The number of ether oxygens (including phenoxy) is 1. The summed E-state index contributed by atoms with van der Waals surface area (Å²) < 4.78 is 36.1. The molecule has 38 heavy (non-hydrogen) atoms. The van der Waals surface area contributed by atoms with Gasteiger partial charge >= 0.3 is 0 Å². The topological polar surface area (TPSA) is 81.0 Å².